The first kappa shape index (κ1) is 15.0. The number of likely N-dealkylation sites (tertiary alicyclic amines) is 1. The minimum Gasteiger partial charge on any atom is -0.378 e. The zero-order valence-corrected chi connectivity index (χ0v) is 12.3. The molecule has 1 fully saturated rings. The molecule has 5 heteroatoms. The Balaban J connectivity index is 2.08. The number of hydrogen-bond acceptors (Lipinski definition) is 3. The molecule has 0 saturated carbocycles. The topological polar surface area (TPSA) is 37.3 Å². The summed E-state index contributed by atoms with van der Waals surface area (Å²) >= 11 is 0. The number of nitrogens with zero attached hydrogens (tertiary/aromatic N) is 2. The van der Waals surface area contributed by atoms with Crippen LogP contribution in [0.3, 0.4) is 0 Å². The smallest absolute Gasteiger partial charge is 0.274 e. The van der Waals surface area contributed by atoms with Crippen LogP contribution in [0.25, 0.3) is 0 Å². The molecule has 1 aliphatic heterocycles. The largest absolute Gasteiger partial charge is 0.378 e. The summed E-state index contributed by atoms with van der Waals surface area (Å²) in [4.78, 5) is 14.6. The molecule has 0 radical (unpaired) electrons. The van der Waals surface area contributed by atoms with Gasteiger partial charge in [0.15, 0.2) is 0 Å². The van der Waals surface area contributed by atoms with Crippen molar-refractivity contribution in [3.05, 3.63) is 28.7 Å². The van der Waals surface area contributed by atoms with Gasteiger partial charge in [-0.15, -0.1) is 0 Å². The lowest BCUT2D eigenvalue weighted by molar-refractivity contribution is 0.173. The summed E-state index contributed by atoms with van der Waals surface area (Å²) in [6.07, 6.45) is 3.68. The highest BCUT2D eigenvalue weighted by molar-refractivity contribution is 5.41. The van der Waals surface area contributed by atoms with Crippen LogP contribution in [0.2, 0.25) is 0 Å². The SMILES string of the molecule is CC(C)Nc1cccn(C2CCN(CCF)CC2)c1=O. The summed E-state index contributed by atoms with van der Waals surface area (Å²) in [5, 5.41) is 3.19. The van der Waals surface area contributed by atoms with E-state index < -0.39 is 0 Å². The second-order valence-corrected chi connectivity index (χ2v) is 5.70. The van der Waals surface area contributed by atoms with Gasteiger partial charge in [-0.05, 0) is 38.8 Å². The predicted molar refractivity (Wildman–Crippen MR) is 80.1 cm³/mol. The van der Waals surface area contributed by atoms with Crippen LogP contribution in [0.5, 0.6) is 0 Å². The maximum atomic E-state index is 12.4. The van der Waals surface area contributed by atoms with E-state index in [1.807, 2.05) is 36.7 Å². The van der Waals surface area contributed by atoms with Gasteiger partial charge in [-0.2, -0.15) is 0 Å². The van der Waals surface area contributed by atoms with Crippen LogP contribution < -0.4 is 10.9 Å². The molecule has 1 aliphatic rings. The van der Waals surface area contributed by atoms with Crippen molar-refractivity contribution in [3.8, 4) is 0 Å². The Morgan fingerprint density at radius 3 is 2.70 bits per heavy atom. The van der Waals surface area contributed by atoms with Crippen LogP contribution in [0, 0.1) is 0 Å². The van der Waals surface area contributed by atoms with Gasteiger partial charge >= 0.3 is 0 Å². The van der Waals surface area contributed by atoms with Gasteiger partial charge in [-0.3, -0.25) is 4.79 Å². The highest BCUT2D eigenvalue weighted by Gasteiger charge is 2.21. The average Bonchev–Trinajstić information content (AvgIpc) is 2.42. The molecule has 2 heterocycles. The van der Waals surface area contributed by atoms with Crippen molar-refractivity contribution >= 4 is 5.69 Å². The summed E-state index contributed by atoms with van der Waals surface area (Å²) in [5.74, 6) is 0. The molecule has 1 aromatic rings. The van der Waals surface area contributed by atoms with Crippen molar-refractivity contribution in [2.45, 2.75) is 38.8 Å². The number of halogens is 1. The van der Waals surface area contributed by atoms with Gasteiger partial charge in [0.2, 0.25) is 0 Å². The lowest BCUT2D eigenvalue weighted by Gasteiger charge is -2.32. The van der Waals surface area contributed by atoms with Crippen molar-refractivity contribution in [1.82, 2.24) is 9.47 Å². The Labute approximate surface area is 119 Å². The Kier molecular flexibility index (Phi) is 5.17. The van der Waals surface area contributed by atoms with E-state index in [2.05, 4.69) is 10.2 Å². The number of aromatic nitrogens is 1. The van der Waals surface area contributed by atoms with Crippen molar-refractivity contribution in [2.24, 2.45) is 0 Å². The average molecular weight is 281 g/mol. The number of nitrogens with one attached hydrogen (secondary N) is 1. The van der Waals surface area contributed by atoms with Gasteiger partial charge in [0.25, 0.3) is 5.56 Å². The van der Waals surface area contributed by atoms with E-state index >= 15 is 0 Å². The molecule has 1 saturated heterocycles. The molecular formula is C15H24FN3O. The van der Waals surface area contributed by atoms with E-state index in [1.54, 1.807) is 0 Å². The van der Waals surface area contributed by atoms with E-state index in [4.69, 9.17) is 0 Å². The number of rotatable bonds is 5. The fraction of sp³-hybridized carbons (Fsp3) is 0.667. The van der Waals surface area contributed by atoms with Gasteiger partial charge < -0.3 is 14.8 Å². The number of anilines is 1. The van der Waals surface area contributed by atoms with Gasteiger partial charge in [0.1, 0.15) is 12.4 Å². The van der Waals surface area contributed by atoms with Crippen LogP contribution in [0.4, 0.5) is 10.1 Å². The highest BCUT2D eigenvalue weighted by Crippen LogP contribution is 2.21. The van der Waals surface area contributed by atoms with E-state index in [1.165, 1.54) is 0 Å². The molecule has 4 nitrogen and oxygen atoms in total. The number of hydrogen-bond donors (Lipinski definition) is 1. The summed E-state index contributed by atoms with van der Waals surface area (Å²) in [5.41, 5.74) is 0.707. The second-order valence-electron chi connectivity index (χ2n) is 5.70. The van der Waals surface area contributed by atoms with Crippen LogP contribution in [0.15, 0.2) is 23.1 Å². The first-order valence-corrected chi connectivity index (χ1v) is 7.38. The molecule has 0 spiro atoms. The van der Waals surface area contributed by atoms with Crippen molar-refractivity contribution < 1.29 is 4.39 Å². The Hall–Kier alpha value is -1.36. The molecule has 112 valence electrons. The third-order valence-corrected chi connectivity index (χ3v) is 3.77. The lowest BCUT2D eigenvalue weighted by atomic mass is 10.0. The van der Waals surface area contributed by atoms with Gasteiger partial charge in [0.05, 0.1) is 0 Å². The summed E-state index contributed by atoms with van der Waals surface area (Å²) in [6.45, 7) is 5.99. The van der Waals surface area contributed by atoms with Crippen LogP contribution in [-0.4, -0.2) is 41.8 Å². The fourth-order valence-corrected chi connectivity index (χ4v) is 2.76. The molecular weight excluding hydrogens is 257 g/mol. The van der Waals surface area contributed by atoms with E-state index in [9.17, 15) is 9.18 Å². The van der Waals surface area contributed by atoms with Crippen LogP contribution in [0.1, 0.15) is 32.7 Å². The number of alkyl halides is 1. The maximum absolute atomic E-state index is 12.4. The third kappa shape index (κ3) is 3.60. The zero-order chi connectivity index (χ0) is 14.5. The molecule has 2 rings (SSSR count). The quantitative estimate of drug-likeness (QED) is 0.899. The summed E-state index contributed by atoms with van der Waals surface area (Å²) < 4.78 is 14.2. The molecule has 0 aromatic carbocycles. The maximum Gasteiger partial charge on any atom is 0.274 e. The van der Waals surface area contributed by atoms with Gasteiger partial charge in [0, 0.05) is 37.9 Å². The highest BCUT2D eigenvalue weighted by atomic mass is 19.1. The molecule has 20 heavy (non-hydrogen) atoms. The zero-order valence-electron chi connectivity index (χ0n) is 12.3. The molecule has 1 aromatic heterocycles. The standard InChI is InChI=1S/C15H24FN3O/c1-12(2)17-14-4-3-8-19(15(14)20)13-5-9-18(10-6-13)11-7-16/h3-4,8,12-13,17H,5-7,9-11H2,1-2H3. The number of piperidine rings is 1. The summed E-state index contributed by atoms with van der Waals surface area (Å²) in [7, 11) is 0. The minimum atomic E-state index is -0.293. The lowest BCUT2D eigenvalue weighted by Crippen LogP contribution is -2.38. The van der Waals surface area contributed by atoms with E-state index in [-0.39, 0.29) is 24.3 Å². The molecule has 1 N–H and O–H groups in total. The Morgan fingerprint density at radius 1 is 1.40 bits per heavy atom. The second kappa shape index (κ2) is 6.88. The molecule has 0 aliphatic carbocycles. The van der Waals surface area contributed by atoms with Crippen molar-refractivity contribution in [1.29, 1.82) is 0 Å². The molecule has 0 atom stereocenters. The van der Waals surface area contributed by atoms with Crippen molar-refractivity contribution in [3.63, 3.8) is 0 Å². The van der Waals surface area contributed by atoms with E-state index in [0.29, 0.717) is 12.2 Å². The molecule has 0 unspecified atom stereocenters. The third-order valence-electron chi connectivity index (χ3n) is 3.77. The Morgan fingerprint density at radius 2 is 2.10 bits per heavy atom. The van der Waals surface area contributed by atoms with Crippen molar-refractivity contribution in [2.75, 3.05) is 31.6 Å². The van der Waals surface area contributed by atoms with Gasteiger partial charge in [-0.1, -0.05) is 0 Å². The van der Waals surface area contributed by atoms with Crippen LogP contribution in [-0.2, 0) is 0 Å². The number of pyridine rings is 1. The normalized spacial score (nSPS) is 17.6. The minimum absolute atomic E-state index is 0.0464. The Bertz CT molecular complexity index is 478. The first-order chi connectivity index (χ1) is 9.61. The van der Waals surface area contributed by atoms with Gasteiger partial charge in [-0.25, -0.2) is 4.39 Å². The molecule has 0 bridgehead atoms. The fourth-order valence-electron chi connectivity index (χ4n) is 2.76. The van der Waals surface area contributed by atoms with E-state index in [0.717, 1.165) is 25.9 Å². The first-order valence-electron chi connectivity index (χ1n) is 7.38. The molecule has 0 amide bonds. The van der Waals surface area contributed by atoms with Crippen LogP contribution >= 0.6 is 0 Å². The monoisotopic (exact) mass is 281 g/mol. The summed E-state index contributed by atoms with van der Waals surface area (Å²) in [6, 6.07) is 4.22. The predicted octanol–water partition coefficient (Wildman–Crippen LogP) is 2.28.